The molecule has 9 rings (SSSR count). The Balaban J connectivity index is 1.09. The van der Waals surface area contributed by atoms with Gasteiger partial charge in [-0.2, -0.15) is 0 Å². The van der Waals surface area contributed by atoms with Gasteiger partial charge in [0, 0.05) is 47.5 Å². The lowest BCUT2D eigenvalue weighted by molar-refractivity contribution is -0.266. The lowest BCUT2D eigenvalue weighted by Gasteiger charge is -2.68. The number of ether oxygens (including phenoxy) is 4. The average molecular weight is 727 g/mol. The molecule has 0 radical (unpaired) electrons. The highest BCUT2D eigenvalue weighted by Gasteiger charge is 2.92. The molecule has 8 fully saturated rings. The first-order chi connectivity index (χ1) is 24.8. The van der Waals surface area contributed by atoms with E-state index in [0.29, 0.717) is 49.5 Å². The SMILES string of the molecule is CC1(C)OC2C3CCC4CC5(C)C(c6ccoc6CC(CCCCC6CNCN6)C(O)CO)OC(=O)C6OC65C5(C)C(O)C(=O)C1C2(COC3=O)C45. The number of hydrogen-bond donors (Lipinski definition) is 5. The zero-order valence-electron chi connectivity index (χ0n) is 30.6. The van der Waals surface area contributed by atoms with E-state index in [0.717, 1.165) is 32.5 Å². The molecule has 1 aromatic rings. The van der Waals surface area contributed by atoms with E-state index in [-0.39, 0.29) is 42.7 Å². The first-order valence-electron chi connectivity index (χ1n) is 19.5. The number of ketones is 1. The molecule has 3 aliphatic carbocycles. The molecular weight excluding hydrogens is 672 g/mol. The molecule has 13 nitrogen and oxygen atoms in total. The number of nitrogens with one attached hydrogen (secondary N) is 2. The number of cyclic esters (lactones) is 2. The number of aliphatic hydroxyl groups is 3. The lowest BCUT2D eigenvalue weighted by Crippen LogP contribution is -2.77. The van der Waals surface area contributed by atoms with E-state index in [1.807, 2.05) is 26.8 Å². The van der Waals surface area contributed by atoms with Crippen LogP contribution in [0.15, 0.2) is 16.7 Å². The molecule has 13 heteroatoms. The quantitative estimate of drug-likeness (QED) is 0.134. The predicted molar refractivity (Wildman–Crippen MR) is 181 cm³/mol. The zero-order valence-corrected chi connectivity index (χ0v) is 30.6. The van der Waals surface area contributed by atoms with Gasteiger partial charge in [0.15, 0.2) is 11.9 Å². The number of rotatable bonds is 10. The van der Waals surface area contributed by atoms with Crippen molar-refractivity contribution in [2.45, 2.75) is 127 Å². The van der Waals surface area contributed by atoms with Crippen LogP contribution in [0.4, 0.5) is 0 Å². The van der Waals surface area contributed by atoms with Gasteiger partial charge in [-0.25, -0.2) is 4.79 Å². The van der Waals surface area contributed by atoms with Gasteiger partial charge in [-0.3, -0.25) is 9.59 Å². The van der Waals surface area contributed by atoms with E-state index in [1.54, 1.807) is 6.26 Å². The predicted octanol–water partition coefficient (Wildman–Crippen LogP) is 1.95. The minimum Gasteiger partial charge on any atom is -0.469 e. The molecule has 52 heavy (non-hydrogen) atoms. The summed E-state index contributed by atoms with van der Waals surface area (Å²) >= 11 is 0. The molecule has 1 aromatic heterocycles. The maximum Gasteiger partial charge on any atom is 0.339 e. The molecule has 3 saturated carbocycles. The topological polar surface area (TPSA) is 189 Å². The average Bonchev–Trinajstić information content (AvgIpc) is 3.34. The first-order valence-corrected chi connectivity index (χ1v) is 19.5. The third-order valence-electron chi connectivity index (χ3n) is 15.5. The number of carbonyl (C=O) groups excluding carboxylic acids is 3. The van der Waals surface area contributed by atoms with Gasteiger partial charge in [-0.05, 0) is 69.8 Å². The van der Waals surface area contributed by atoms with Crippen LogP contribution in [-0.4, -0.2) is 101 Å². The molecule has 6 heterocycles. The molecule has 5 N–H and O–H groups in total. The molecule has 5 saturated heterocycles. The number of hydrogen-bond acceptors (Lipinski definition) is 13. The number of esters is 2. The van der Waals surface area contributed by atoms with E-state index in [9.17, 15) is 29.7 Å². The van der Waals surface area contributed by atoms with Gasteiger partial charge in [0.2, 0.25) is 0 Å². The Kier molecular flexibility index (Phi) is 8.02. The van der Waals surface area contributed by atoms with Crippen LogP contribution in [0.5, 0.6) is 0 Å². The minimum absolute atomic E-state index is 0.0240. The van der Waals surface area contributed by atoms with Crippen LogP contribution in [0, 0.1) is 45.8 Å². The Bertz CT molecular complexity index is 1640. The van der Waals surface area contributed by atoms with Gasteiger partial charge in [0.05, 0.1) is 42.5 Å². The van der Waals surface area contributed by atoms with Crippen LogP contribution >= 0.6 is 0 Å². The molecule has 5 aliphatic heterocycles. The molecule has 15 unspecified atom stereocenters. The molecule has 2 spiro atoms. The number of carbonyl (C=O) groups is 3. The summed E-state index contributed by atoms with van der Waals surface area (Å²) in [5.74, 6) is -2.56. The monoisotopic (exact) mass is 726 g/mol. The summed E-state index contributed by atoms with van der Waals surface area (Å²) in [7, 11) is 0. The van der Waals surface area contributed by atoms with Crippen molar-refractivity contribution in [1.29, 1.82) is 0 Å². The van der Waals surface area contributed by atoms with E-state index in [2.05, 4.69) is 17.6 Å². The normalized spacial score (nSPS) is 47.8. The van der Waals surface area contributed by atoms with Gasteiger partial charge < -0.3 is 49.3 Å². The van der Waals surface area contributed by atoms with E-state index in [4.69, 9.17) is 23.4 Å². The Morgan fingerprint density at radius 2 is 1.85 bits per heavy atom. The number of unbranched alkanes of at least 4 members (excludes halogenated alkanes) is 1. The number of furan rings is 1. The molecule has 15 atom stereocenters. The number of epoxide rings is 1. The van der Waals surface area contributed by atoms with E-state index in [1.165, 1.54) is 0 Å². The van der Waals surface area contributed by atoms with Crippen molar-refractivity contribution >= 4 is 17.7 Å². The fraction of sp³-hybridized carbons (Fsp3) is 0.821. The second kappa shape index (κ2) is 11.8. The standard InChI is InChI=1S/C39H54N2O11/c1-35(2)28-26(44)29(45)37(4)27-20(9-10-23-31(51-35)38(27,28)17-49-33(23)46)14-36(3)30(50-34(47)32-39(36,37)52-32)22-11-12-48-25(22)13-19(24(43)16-42)7-5-6-8-21-15-40-18-41-21/h11-12,19-21,23-24,27-32,40-43,45H,5-10,13-18H2,1-4H3. The highest BCUT2D eigenvalue weighted by atomic mass is 16.7. The van der Waals surface area contributed by atoms with Crippen LogP contribution < -0.4 is 10.6 Å². The second-order valence-electron chi connectivity index (χ2n) is 18.3. The Hall–Kier alpha value is -2.39. The maximum absolute atomic E-state index is 14.7. The largest absolute Gasteiger partial charge is 0.469 e. The van der Waals surface area contributed by atoms with Crippen molar-refractivity contribution in [1.82, 2.24) is 10.6 Å². The molecule has 0 amide bonds. The van der Waals surface area contributed by atoms with Crippen LogP contribution in [-0.2, 0) is 39.8 Å². The summed E-state index contributed by atoms with van der Waals surface area (Å²) in [6, 6.07) is 2.25. The van der Waals surface area contributed by atoms with Gasteiger partial charge in [0.1, 0.15) is 30.2 Å². The highest BCUT2D eigenvalue weighted by molar-refractivity contribution is 5.92. The van der Waals surface area contributed by atoms with Gasteiger partial charge in [-0.15, -0.1) is 0 Å². The van der Waals surface area contributed by atoms with Crippen molar-refractivity contribution in [3.8, 4) is 0 Å². The van der Waals surface area contributed by atoms with Crippen LogP contribution in [0.2, 0.25) is 0 Å². The zero-order chi connectivity index (χ0) is 36.6. The lowest BCUT2D eigenvalue weighted by atomic mass is 9.34. The Morgan fingerprint density at radius 1 is 1.04 bits per heavy atom. The molecule has 8 aliphatic rings. The van der Waals surface area contributed by atoms with Crippen molar-refractivity contribution < 1.29 is 53.1 Å². The number of Topliss-reactive ketones (excluding diaryl/α,β-unsaturated/α-hetero) is 1. The van der Waals surface area contributed by atoms with Crippen molar-refractivity contribution in [2.75, 3.05) is 26.4 Å². The van der Waals surface area contributed by atoms with E-state index < -0.39 is 75.8 Å². The molecular formula is C39H54N2O11. The third-order valence-corrected chi connectivity index (χ3v) is 15.5. The molecule has 286 valence electrons. The summed E-state index contributed by atoms with van der Waals surface area (Å²) in [6.07, 6.45) is 2.43. The summed E-state index contributed by atoms with van der Waals surface area (Å²) < 4.78 is 31.8. The van der Waals surface area contributed by atoms with Gasteiger partial charge in [0.25, 0.3) is 0 Å². The smallest absolute Gasteiger partial charge is 0.339 e. The molecule has 0 aromatic carbocycles. The summed E-state index contributed by atoms with van der Waals surface area (Å²) in [6.45, 7) is 9.13. The maximum atomic E-state index is 14.7. The summed E-state index contributed by atoms with van der Waals surface area (Å²) in [4.78, 5) is 42.1. The fourth-order valence-electron chi connectivity index (χ4n) is 13.7. The Labute approximate surface area is 303 Å². The highest BCUT2D eigenvalue weighted by Crippen LogP contribution is 2.82. The fourth-order valence-corrected chi connectivity index (χ4v) is 13.7. The van der Waals surface area contributed by atoms with Crippen molar-refractivity contribution in [3.63, 3.8) is 0 Å². The number of aliphatic hydroxyl groups excluding tert-OH is 3. The van der Waals surface area contributed by atoms with Gasteiger partial charge in [-0.1, -0.05) is 26.7 Å². The first kappa shape index (κ1) is 35.3. The van der Waals surface area contributed by atoms with Crippen LogP contribution in [0.1, 0.15) is 90.1 Å². The van der Waals surface area contributed by atoms with Crippen LogP contribution in [0.25, 0.3) is 0 Å². The second-order valence-corrected chi connectivity index (χ2v) is 18.3. The molecule has 2 bridgehead atoms. The van der Waals surface area contributed by atoms with Gasteiger partial charge >= 0.3 is 11.9 Å². The summed E-state index contributed by atoms with van der Waals surface area (Å²) in [5.41, 5.74) is -4.52. The summed E-state index contributed by atoms with van der Waals surface area (Å²) in [5, 5.41) is 40.2. The Morgan fingerprint density at radius 3 is 2.60 bits per heavy atom. The minimum atomic E-state index is -1.45. The third kappa shape index (κ3) is 4.38. The van der Waals surface area contributed by atoms with Crippen molar-refractivity contribution in [3.05, 3.63) is 23.7 Å². The van der Waals surface area contributed by atoms with Crippen molar-refractivity contribution in [2.24, 2.45) is 45.8 Å². The van der Waals surface area contributed by atoms with E-state index >= 15 is 0 Å². The van der Waals surface area contributed by atoms with Crippen LogP contribution in [0.3, 0.4) is 0 Å².